The fraction of sp³-hybridized carbons (Fsp3) is 0.444. The summed E-state index contributed by atoms with van der Waals surface area (Å²) in [6.07, 6.45) is 4.48. The van der Waals surface area contributed by atoms with Crippen LogP contribution < -0.4 is 0 Å². The van der Waals surface area contributed by atoms with Gasteiger partial charge in [-0.2, -0.15) is 4.98 Å². The van der Waals surface area contributed by atoms with Gasteiger partial charge in [0.2, 0.25) is 5.89 Å². The Labute approximate surface area is 148 Å². The van der Waals surface area contributed by atoms with E-state index in [1.807, 2.05) is 0 Å². The number of carbonyl (C=O) groups excluding carboxylic acids is 1. The summed E-state index contributed by atoms with van der Waals surface area (Å²) in [7, 11) is 0. The summed E-state index contributed by atoms with van der Waals surface area (Å²) in [5.74, 6) is 0.628. The molecule has 1 aliphatic heterocycles. The minimum Gasteiger partial charge on any atom is -0.345 e. The maximum absolute atomic E-state index is 14.5. The Balaban J connectivity index is 1.49. The lowest BCUT2D eigenvalue weighted by atomic mass is 9.80. The van der Waals surface area contributed by atoms with Crippen LogP contribution in [-0.4, -0.2) is 44.0 Å². The highest BCUT2D eigenvalue weighted by Gasteiger charge is 2.55. The molecule has 8 heteroatoms. The molecule has 2 aliphatic rings. The predicted octanol–water partition coefficient (Wildman–Crippen LogP) is 2.59. The van der Waals surface area contributed by atoms with Crippen molar-refractivity contribution in [2.75, 3.05) is 13.1 Å². The minimum atomic E-state index is -0.536. The van der Waals surface area contributed by atoms with E-state index in [1.54, 1.807) is 11.8 Å². The SMILES string of the molecule is Cc1noc([C@]23CCC[C@H]2CN(C(=O)c2cc4nc[nH]c4cc2F)C3)n1. The zero-order valence-corrected chi connectivity index (χ0v) is 14.3. The van der Waals surface area contributed by atoms with Crippen LogP contribution in [0.2, 0.25) is 0 Å². The second-order valence-electron chi connectivity index (χ2n) is 7.33. The zero-order valence-electron chi connectivity index (χ0n) is 14.3. The molecule has 2 aromatic heterocycles. The van der Waals surface area contributed by atoms with Crippen LogP contribution in [0.25, 0.3) is 11.0 Å². The van der Waals surface area contributed by atoms with Gasteiger partial charge in [-0.25, -0.2) is 9.37 Å². The van der Waals surface area contributed by atoms with Crippen molar-refractivity contribution in [3.05, 3.63) is 41.6 Å². The molecule has 1 saturated carbocycles. The third kappa shape index (κ3) is 2.11. The number of fused-ring (bicyclic) bond motifs is 2. The van der Waals surface area contributed by atoms with Crippen LogP contribution in [0.4, 0.5) is 4.39 Å². The number of rotatable bonds is 2. The van der Waals surface area contributed by atoms with Gasteiger partial charge < -0.3 is 14.4 Å². The highest BCUT2D eigenvalue weighted by atomic mass is 19.1. The highest BCUT2D eigenvalue weighted by Crippen LogP contribution is 2.50. The summed E-state index contributed by atoms with van der Waals surface area (Å²) >= 11 is 0. The average molecular weight is 355 g/mol. The predicted molar refractivity (Wildman–Crippen MR) is 90.0 cm³/mol. The summed E-state index contributed by atoms with van der Waals surface area (Å²) in [4.78, 5) is 26.2. The molecule has 5 rings (SSSR count). The van der Waals surface area contributed by atoms with Crippen LogP contribution in [-0.2, 0) is 5.41 Å². The van der Waals surface area contributed by atoms with E-state index in [0.29, 0.717) is 35.8 Å². The van der Waals surface area contributed by atoms with E-state index >= 15 is 0 Å². The van der Waals surface area contributed by atoms with E-state index < -0.39 is 5.82 Å². The van der Waals surface area contributed by atoms with Crippen LogP contribution >= 0.6 is 0 Å². The van der Waals surface area contributed by atoms with Crippen molar-refractivity contribution in [2.45, 2.75) is 31.6 Å². The van der Waals surface area contributed by atoms with Gasteiger partial charge in [0.25, 0.3) is 5.91 Å². The molecule has 0 radical (unpaired) electrons. The number of amides is 1. The van der Waals surface area contributed by atoms with Gasteiger partial charge in [0.05, 0.1) is 28.3 Å². The molecule has 1 aliphatic carbocycles. The molecule has 1 saturated heterocycles. The first kappa shape index (κ1) is 15.5. The van der Waals surface area contributed by atoms with E-state index in [2.05, 4.69) is 20.1 Å². The quantitative estimate of drug-likeness (QED) is 0.763. The number of imidazole rings is 1. The van der Waals surface area contributed by atoms with Gasteiger partial charge in [0.15, 0.2) is 5.82 Å². The van der Waals surface area contributed by atoms with E-state index in [-0.39, 0.29) is 22.8 Å². The number of carbonyl (C=O) groups is 1. The molecule has 3 heterocycles. The maximum atomic E-state index is 14.5. The lowest BCUT2D eigenvalue weighted by Gasteiger charge is -2.24. The lowest BCUT2D eigenvalue weighted by molar-refractivity contribution is 0.0770. The number of likely N-dealkylation sites (tertiary alicyclic amines) is 1. The maximum Gasteiger partial charge on any atom is 0.256 e. The lowest BCUT2D eigenvalue weighted by Crippen LogP contribution is -2.35. The Morgan fingerprint density at radius 1 is 1.46 bits per heavy atom. The molecule has 3 aromatic rings. The number of H-pyrrole nitrogens is 1. The number of nitrogens with zero attached hydrogens (tertiary/aromatic N) is 4. The van der Waals surface area contributed by atoms with Crippen molar-refractivity contribution in [2.24, 2.45) is 5.92 Å². The van der Waals surface area contributed by atoms with Crippen LogP contribution in [0.15, 0.2) is 23.0 Å². The van der Waals surface area contributed by atoms with Crippen LogP contribution in [0.5, 0.6) is 0 Å². The van der Waals surface area contributed by atoms with Gasteiger partial charge in [-0.05, 0) is 31.7 Å². The van der Waals surface area contributed by atoms with Crippen molar-refractivity contribution in [3.63, 3.8) is 0 Å². The normalized spacial score (nSPS) is 25.2. The molecule has 1 aromatic carbocycles. The highest BCUT2D eigenvalue weighted by molar-refractivity contribution is 5.98. The van der Waals surface area contributed by atoms with E-state index in [4.69, 9.17) is 4.52 Å². The van der Waals surface area contributed by atoms with E-state index in [1.165, 1.54) is 18.5 Å². The van der Waals surface area contributed by atoms with Gasteiger partial charge in [0.1, 0.15) is 5.82 Å². The first-order valence-corrected chi connectivity index (χ1v) is 8.79. The standard InChI is InChI=1S/C18H18FN5O2/c1-10-22-17(26-23-10)18-4-2-3-11(18)7-24(8-18)16(25)12-5-14-15(6-13(12)19)21-9-20-14/h5-6,9,11H,2-4,7-8H2,1H3,(H,20,21)/t11-,18-/m0/s1. The second kappa shape index (κ2) is 5.36. The van der Waals surface area contributed by atoms with Gasteiger partial charge in [-0.3, -0.25) is 4.79 Å². The van der Waals surface area contributed by atoms with Crippen molar-refractivity contribution >= 4 is 16.9 Å². The van der Waals surface area contributed by atoms with Crippen molar-refractivity contribution in [1.82, 2.24) is 25.0 Å². The zero-order chi connectivity index (χ0) is 17.9. The Hall–Kier alpha value is -2.77. The van der Waals surface area contributed by atoms with Crippen LogP contribution in [0.1, 0.15) is 41.3 Å². The first-order valence-electron chi connectivity index (χ1n) is 8.79. The number of aromatic amines is 1. The summed E-state index contributed by atoms with van der Waals surface area (Å²) in [6, 6.07) is 2.84. The monoisotopic (exact) mass is 355 g/mol. The van der Waals surface area contributed by atoms with Crippen LogP contribution in [0, 0.1) is 18.7 Å². The molecule has 0 unspecified atom stereocenters. The molecule has 0 bridgehead atoms. The number of aromatic nitrogens is 4. The number of hydrogen-bond donors (Lipinski definition) is 1. The Morgan fingerprint density at radius 3 is 3.15 bits per heavy atom. The van der Waals surface area contributed by atoms with Gasteiger partial charge >= 0.3 is 0 Å². The second-order valence-corrected chi connectivity index (χ2v) is 7.33. The molecule has 7 nitrogen and oxygen atoms in total. The molecule has 134 valence electrons. The molecule has 2 fully saturated rings. The molecule has 1 N–H and O–H groups in total. The smallest absolute Gasteiger partial charge is 0.256 e. The van der Waals surface area contributed by atoms with E-state index in [0.717, 1.165) is 19.3 Å². The largest absolute Gasteiger partial charge is 0.345 e. The Bertz CT molecular complexity index is 1010. The summed E-state index contributed by atoms with van der Waals surface area (Å²) in [6.45, 7) is 2.86. The number of aryl methyl sites for hydroxylation is 1. The van der Waals surface area contributed by atoms with Gasteiger partial charge in [-0.1, -0.05) is 11.6 Å². The van der Waals surface area contributed by atoms with Crippen molar-refractivity contribution in [3.8, 4) is 0 Å². The number of hydrogen-bond acceptors (Lipinski definition) is 5. The summed E-state index contributed by atoms with van der Waals surface area (Å²) in [5.41, 5.74) is 0.914. The molecule has 2 atom stereocenters. The van der Waals surface area contributed by atoms with Crippen molar-refractivity contribution < 1.29 is 13.7 Å². The molecule has 1 amide bonds. The van der Waals surface area contributed by atoms with Crippen molar-refractivity contribution in [1.29, 1.82) is 0 Å². The Morgan fingerprint density at radius 2 is 2.35 bits per heavy atom. The third-order valence-electron chi connectivity index (χ3n) is 5.85. The fourth-order valence-corrected chi connectivity index (χ4v) is 4.58. The molecule has 26 heavy (non-hydrogen) atoms. The number of benzene rings is 1. The average Bonchev–Trinajstić information content (AvgIpc) is 3.35. The Kier molecular flexibility index (Phi) is 3.19. The van der Waals surface area contributed by atoms with Gasteiger partial charge in [-0.15, -0.1) is 0 Å². The molecular formula is C18H18FN5O2. The topological polar surface area (TPSA) is 87.9 Å². The summed E-state index contributed by atoms with van der Waals surface area (Å²) < 4.78 is 19.9. The van der Waals surface area contributed by atoms with E-state index in [9.17, 15) is 9.18 Å². The number of nitrogens with one attached hydrogen (secondary N) is 1. The van der Waals surface area contributed by atoms with Crippen LogP contribution in [0.3, 0.4) is 0 Å². The number of halogens is 1. The van der Waals surface area contributed by atoms with Gasteiger partial charge in [0, 0.05) is 19.2 Å². The minimum absolute atomic E-state index is 0.0569. The third-order valence-corrected chi connectivity index (χ3v) is 5.85. The first-order chi connectivity index (χ1) is 12.6. The molecule has 0 spiro atoms. The fourth-order valence-electron chi connectivity index (χ4n) is 4.58. The molecular weight excluding hydrogens is 337 g/mol. The summed E-state index contributed by atoms with van der Waals surface area (Å²) in [5, 5.41) is 3.93.